The highest BCUT2D eigenvalue weighted by atomic mass is 35.5. The monoisotopic (exact) mass is 301 g/mol. The van der Waals surface area contributed by atoms with Crippen LogP contribution in [-0.4, -0.2) is 16.5 Å². The van der Waals surface area contributed by atoms with Gasteiger partial charge in [0.05, 0.1) is 16.7 Å². The summed E-state index contributed by atoms with van der Waals surface area (Å²) in [6.45, 7) is 1.50. The normalized spacial score (nSPS) is 19.1. The average molecular weight is 302 g/mol. The quantitative estimate of drug-likeness (QED) is 0.893. The SMILES string of the molecule is O=c1[nH]c(C2(c3cccc(Cl)c3)CC2)nc2c1CNCC2. The Kier molecular flexibility index (Phi) is 2.91. The highest BCUT2D eigenvalue weighted by Gasteiger charge is 2.48. The van der Waals surface area contributed by atoms with Gasteiger partial charge in [-0.25, -0.2) is 4.98 Å². The molecule has 108 valence electrons. The Morgan fingerprint density at radius 1 is 1.29 bits per heavy atom. The van der Waals surface area contributed by atoms with Crippen molar-refractivity contribution in [2.75, 3.05) is 6.54 Å². The lowest BCUT2D eigenvalue weighted by atomic mass is 9.94. The molecule has 0 amide bonds. The van der Waals surface area contributed by atoms with E-state index in [0.717, 1.165) is 53.5 Å². The number of rotatable bonds is 2. The van der Waals surface area contributed by atoms with E-state index in [1.54, 1.807) is 0 Å². The summed E-state index contributed by atoms with van der Waals surface area (Å²) in [4.78, 5) is 20.1. The fraction of sp³-hybridized carbons (Fsp3) is 0.375. The van der Waals surface area contributed by atoms with Gasteiger partial charge in [-0.1, -0.05) is 23.7 Å². The van der Waals surface area contributed by atoms with Crippen molar-refractivity contribution in [2.45, 2.75) is 31.2 Å². The maximum Gasteiger partial charge on any atom is 0.255 e. The van der Waals surface area contributed by atoms with E-state index in [4.69, 9.17) is 16.6 Å². The Hall–Kier alpha value is -1.65. The fourth-order valence-corrected chi connectivity index (χ4v) is 3.34. The number of hydrogen-bond donors (Lipinski definition) is 2. The van der Waals surface area contributed by atoms with Gasteiger partial charge in [0.1, 0.15) is 5.82 Å². The predicted octanol–water partition coefficient (Wildman–Crippen LogP) is 2.15. The van der Waals surface area contributed by atoms with Gasteiger partial charge in [-0.05, 0) is 30.5 Å². The zero-order valence-electron chi connectivity index (χ0n) is 11.6. The van der Waals surface area contributed by atoms with Crippen molar-refractivity contribution in [1.82, 2.24) is 15.3 Å². The van der Waals surface area contributed by atoms with Crippen LogP contribution < -0.4 is 10.9 Å². The summed E-state index contributed by atoms with van der Waals surface area (Å²) < 4.78 is 0. The van der Waals surface area contributed by atoms with Gasteiger partial charge in [0.15, 0.2) is 0 Å². The molecule has 2 N–H and O–H groups in total. The molecule has 0 bridgehead atoms. The first-order chi connectivity index (χ1) is 10.2. The summed E-state index contributed by atoms with van der Waals surface area (Å²) in [6, 6.07) is 7.88. The summed E-state index contributed by atoms with van der Waals surface area (Å²) in [5.74, 6) is 0.801. The molecule has 1 aliphatic carbocycles. The van der Waals surface area contributed by atoms with Gasteiger partial charge in [0.2, 0.25) is 0 Å². The second-order valence-electron chi connectivity index (χ2n) is 5.86. The Balaban J connectivity index is 1.83. The highest BCUT2D eigenvalue weighted by Crippen LogP contribution is 2.52. The number of aromatic nitrogens is 2. The van der Waals surface area contributed by atoms with Gasteiger partial charge in [-0.15, -0.1) is 0 Å². The van der Waals surface area contributed by atoms with Crippen LogP contribution in [0.25, 0.3) is 0 Å². The van der Waals surface area contributed by atoms with Crippen LogP contribution in [0.1, 0.15) is 35.5 Å². The molecule has 0 spiro atoms. The van der Waals surface area contributed by atoms with Crippen molar-refractivity contribution in [1.29, 1.82) is 0 Å². The Morgan fingerprint density at radius 3 is 2.90 bits per heavy atom. The van der Waals surface area contributed by atoms with E-state index in [1.807, 2.05) is 18.2 Å². The maximum absolute atomic E-state index is 12.3. The molecule has 2 aliphatic rings. The lowest BCUT2D eigenvalue weighted by Crippen LogP contribution is -2.33. The zero-order valence-corrected chi connectivity index (χ0v) is 12.3. The van der Waals surface area contributed by atoms with E-state index in [0.29, 0.717) is 6.54 Å². The molecule has 0 unspecified atom stereocenters. The number of halogens is 1. The van der Waals surface area contributed by atoms with Crippen LogP contribution in [0.3, 0.4) is 0 Å². The number of nitrogens with zero attached hydrogens (tertiary/aromatic N) is 1. The molecule has 1 aromatic heterocycles. The maximum atomic E-state index is 12.3. The average Bonchev–Trinajstić information content (AvgIpc) is 3.29. The van der Waals surface area contributed by atoms with Crippen molar-refractivity contribution in [2.24, 2.45) is 0 Å². The summed E-state index contributed by atoms with van der Waals surface area (Å²) in [6.07, 6.45) is 2.83. The van der Waals surface area contributed by atoms with E-state index in [1.165, 1.54) is 0 Å². The lowest BCUT2D eigenvalue weighted by Gasteiger charge is -2.20. The Bertz CT molecular complexity index is 764. The van der Waals surface area contributed by atoms with Gasteiger partial charge >= 0.3 is 0 Å². The van der Waals surface area contributed by atoms with Crippen molar-refractivity contribution in [3.05, 3.63) is 62.3 Å². The number of nitrogens with one attached hydrogen (secondary N) is 2. The minimum absolute atomic E-state index is 0.00416. The molecular formula is C16H16ClN3O. The first-order valence-electron chi connectivity index (χ1n) is 7.28. The number of fused-ring (bicyclic) bond motifs is 1. The smallest absolute Gasteiger partial charge is 0.255 e. The number of aromatic amines is 1. The van der Waals surface area contributed by atoms with Crippen LogP contribution >= 0.6 is 11.6 Å². The van der Waals surface area contributed by atoms with E-state index < -0.39 is 0 Å². The van der Waals surface area contributed by atoms with Crippen molar-refractivity contribution in [3.63, 3.8) is 0 Å². The Morgan fingerprint density at radius 2 is 2.14 bits per heavy atom. The van der Waals surface area contributed by atoms with E-state index in [-0.39, 0.29) is 11.0 Å². The predicted molar refractivity (Wildman–Crippen MR) is 81.7 cm³/mol. The van der Waals surface area contributed by atoms with Gasteiger partial charge < -0.3 is 10.3 Å². The molecule has 4 rings (SSSR count). The molecule has 1 saturated carbocycles. The van der Waals surface area contributed by atoms with E-state index in [2.05, 4.69) is 16.4 Å². The number of H-pyrrole nitrogens is 1. The molecule has 2 heterocycles. The third kappa shape index (κ3) is 2.10. The molecule has 4 nitrogen and oxygen atoms in total. The summed E-state index contributed by atoms with van der Waals surface area (Å²) >= 11 is 6.11. The molecule has 0 radical (unpaired) electrons. The van der Waals surface area contributed by atoms with Crippen molar-refractivity contribution in [3.8, 4) is 0 Å². The van der Waals surface area contributed by atoms with Crippen LogP contribution in [0.15, 0.2) is 29.1 Å². The highest BCUT2D eigenvalue weighted by molar-refractivity contribution is 6.30. The molecule has 1 aromatic carbocycles. The molecule has 2 aromatic rings. The lowest BCUT2D eigenvalue weighted by molar-refractivity contribution is 0.604. The number of hydrogen-bond acceptors (Lipinski definition) is 3. The third-order valence-electron chi connectivity index (χ3n) is 4.52. The third-order valence-corrected chi connectivity index (χ3v) is 4.76. The molecule has 0 atom stereocenters. The number of benzene rings is 1. The first-order valence-corrected chi connectivity index (χ1v) is 7.66. The molecule has 1 aliphatic heterocycles. The molecule has 5 heteroatoms. The standard InChI is InChI=1S/C16H16ClN3O/c17-11-3-1-2-10(8-11)16(5-6-16)15-19-13-4-7-18-9-12(13)14(21)20-15/h1-3,8,18H,4-7,9H2,(H,19,20,21). The minimum atomic E-state index is -0.149. The molecule has 1 fully saturated rings. The van der Waals surface area contributed by atoms with Crippen LogP contribution in [-0.2, 0) is 18.4 Å². The molecule has 21 heavy (non-hydrogen) atoms. The van der Waals surface area contributed by atoms with Crippen LogP contribution in [0.2, 0.25) is 5.02 Å². The zero-order chi connectivity index (χ0) is 14.4. The molecular weight excluding hydrogens is 286 g/mol. The summed E-state index contributed by atoms with van der Waals surface area (Å²) in [7, 11) is 0. The van der Waals surface area contributed by atoms with Crippen LogP contribution in [0.5, 0.6) is 0 Å². The minimum Gasteiger partial charge on any atom is -0.312 e. The van der Waals surface area contributed by atoms with Gasteiger partial charge in [0, 0.05) is 24.5 Å². The van der Waals surface area contributed by atoms with E-state index in [9.17, 15) is 4.79 Å². The van der Waals surface area contributed by atoms with Crippen LogP contribution in [0.4, 0.5) is 0 Å². The van der Waals surface area contributed by atoms with E-state index >= 15 is 0 Å². The Labute approximate surface area is 127 Å². The van der Waals surface area contributed by atoms with Crippen LogP contribution in [0, 0.1) is 0 Å². The topological polar surface area (TPSA) is 57.8 Å². The van der Waals surface area contributed by atoms with Gasteiger partial charge in [0.25, 0.3) is 5.56 Å². The van der Waals surface area contributed by atoms with Crippen molar-refractivity contribution < 1.29 is 0 Å². The second kappa shape index (κ2) is 4.68. The fourth-order valence-electron chi connectivity index (χ4n) is 3.15. The molecule has 0 saturated heterocycles. The van der Waals surface area contributed by atoms with Gasteiger partial charge in [-0.3, -0.25) is 4.79 Å². The van der Waals surface area contributed by atoms with Gasteiger partial charge in [-0.2, -0.15) is 0 Å². The second-order valence-corrected chi connectivity index (χ2v) is 6.30. The largest absolute Gasteiger partial charge is 0.312 e. The first kappa shape index (κ1) is 13.0. The summed E-state index contributed by atoms with van der Waals surface area (Å²) in [5, 5.41) is 3.94. The summed E-state index contributed by atoms with van der Waals surface area (Å²) in [5.41, 5.74) is 2.72. The van der Waals surface area contributed by atoms with Crippen molar-refractivity contribution >= 4 is 11.6 Å².